The van der Waals surface area contributed by atoms with Crippen molar-refractivity contribution < 1.29 is 9.53 Å². The predicted octanol–water partition coefficient (Wildman–Crippen LogP) is 3.60. The lowest BCUT2D eigenvalue weighted by atomic mass is 9.75. The Kier molecular flexibility index (Phi) is 6.32. The third-order valence-electron chi connectivity index (χ3n) is 5.52. The van der Waals surface area contributed by atoms with Crippen molar-refractivity contribution in [3.05, 3.63) is 53.3 Å². The van der Waals surface area contributed by atoms with Crippen LogP contribution in [-0.2, 0) is 29.0 Å². The molecular formula is C22H31N3O2. The lowest BCUT2D eigenvalue weighted by Crippen LogP contribution is -2.49. The van der Waals surface area contributed by atoms with Gasteiger partial charge >= 0.3 is 5.97 Å². The highest BCUT2D eigenvalue weighted by atomic mass is 16.5. The molecular weight excluding hydrogens is 338 g/mol. The van der Waals surface area contributed by atoms with Crippen molar-refractivity contribution in [2.24, 2.45) is 5.41 Å². The van der Waals surface area contributed by atoms with E-state index < -0.39 is 5.41 Å². The molecule has 5 nitrogen and oxygen atoms in total. The molecule has 0 saturated carbocycles. The Morgan fingerprint density at radius 2 is 2.04 bits per heavy atom. The van der Waals surface area contributed by atoms with Crippen molar-refractivity contribution in [1.29, 1.82) is 0 Å². The first-order valence-electron chi connectivity index (χ1n) is 10.0. The summed E-state index contributed by atoms with van der Waals surface area (Å²) in [6.45, 7) is 9.93. The van der Waals surface area contributed by atoms with Crippen molar-refractivity contribution >= 4 is 5.97 Å². The van der Waals surface area contributed by atoms with Gasteiger partial charge in [0.15, 0.2) is 0 Å². The van der Waals surface area contributed by atoms with Crippen molar-refractivity contribution in [2.45, 2.75) is 53.1 Å². The van der Waals surface area contributed by atoms with E-state index in [1.165, 1.54) is 11.1 Å². The predicted molar refractivity (Wildman–Crippen MR) is 106 cm³/mol. The normalized spacial score (nSPS) is 20.6. The van der Waals surface area contributed by atoms with Crippen molar-refractivity contribution in [3.8, 4) is 0 Å². The minimum absolute atomic E-state index is 0.0560. The van der Waals surface area contributed by atoms with Gasteiger partial charge < -0.3 is 4.74 Å². The Labute approximate surface area is 162 Å². The lowest BCUT2D eigenvalue weighted by molar-refractivity contribution is -0.159. The molecule has 0 unspecified atom stereocenters. The number of benzene rings is 1. The summed E-state index contributed by atoms with van der Waals surface area (Å²) in [4.78, 5) is 15.4. The smallest absolute Gasteiger partial charge is 0.313 e. The minimum atomic E-state index is -0.468. The van der Waals surface area contributed by atoms with Crippen LogP contribution in [0, 0.1) is 12.3 Å². The quantitative estimate of drug-likeness (QED) is 0.700. The van der Waals surface area contributed by atoms with E-state index in [0.717, 1.165) is 51.1 Å². The van der Waals surface area contributed by atoms with Crippen LogP contribution >= 0.6 is 0 Å². The van der Waals surface area contributed by atoms with Gasteiger partial charge in [-0.15, -0.1) is 0 Å². The van der Waals surface area contributed by atoms with Crippen LogP contribution < -0.4 is 0 Å². The van der Waals surface area contributed by atoms with Crippen LogP contribution in [0.3, 0.4) is 0 Å². The van der Waals surface area contributed by atoms with E-state index >= 15 is 0 Å². The van der Waals surface area contributed by atoms with Gasteiger partial charge in [-0.05, 0) is 52.1 Å². The van der Waals surface area contributed by atoms with Crippen LogP contribution in [0.25, 0.3) is 0 Å². The number of ether oxygens (including phenoxy) is 1. The topological polar surface area (TPSA) is 47.4 Å². The molecule has 1 aliphatic rings. The molecule has 1 aliphatic heterocycles. The number of rotatable bonds is 7. The fourth-order valence-electron chi connectivity index (χ4n) is 4.13. The maximum atomic E-state index is 13.0. The third kappa shape index (κ3) is 4.59. The maximum Gasteiger partial charge on any atom is 0.313 e. The van der Waals surface area contributed by atoms with E-state index in [2.05, 4.69) is 42.2 Å². The summed E-state index contributed by atoms with van der Waals surface area (Å²) in [6.07, 6.45) is 4.75. The highest BCUT2D eigenvalue weighted by Gasteiger charge is 2.43. The van der Waals surface area contributed by atoms with E-state index in [0.29, 0.717) is 6.61 Å². The summed E-state index contributed by atoms with van der Waals surface area (Å²) in [7, 11) is 0. The second-order valence-corrected chi connectivity index (χ2v) is 7.57. The molecule has 0 N–H and O–H groups in total. The zero-order valence-electron chi connectivity index (χ0n) is 16.8. The SMILES string of the molecule is CCOC(=O)[C@]1(Cc2ccccc2)CCCN(Cc2cn(CC)nc2C)C1. The van der Waals surface area contributed by atoms with Crippen LogP contribution in [0.4, 0.5) is 0 Å². The first-order chi connectivity index (χ1) is 13.1. The van der Waals surface area contributed by atoms with E-state index in [-0.39, 0.29) is 5.97 Å². The molecule has 146 valence electrons. The highest BCUT2D eigenvalue weighted by molar-refractivity contribution is 5.77. The molecule has 0 amide bonds. The molecule has 0 bridgehead atoms. The Balaban J connectivity index is 1.80. The fraction of sp³-hybridized carbons (Fsp3) is 0.545. The van der Waals surface area contributed by atoms with Gasteiger partial charge in [-0.25, -0.2) is 0 Å². The van der Waals surface area contributed by atoms with E-state index in [4.69, 9.17) is 4.74 Å². The van der Waals surface area contributed by atoms with Crippen LogP contribution in [0.1, 0.15) is 43.5 Å². The number of hydrogen-bond acceptors (Lipinski definition) is 4. The molecule has 5 heteroatoms. The van der Waals surface area contributed by atoms with Crippen LogP contribution in [0.2, 0.25) is 0 Å². The number of piperidine rings is 1. The molecule has 2 heterocycles. The van der Waals surface area contributed by atoms with Gasteiger partial charge in [0.1, 0.15) is 0 Å². The number of hydrogen-bond donors (Lipinski definition) is 0. The standard InChI is InChI=1S/C22H31N3O2/c1-4-25-16-20(18(3)23-25)15-24-13-9-12-22(17-24,21(26)27-5-2)14-19-10-7-6-8-11-19/h6-8,10-11,16H,4-5,9,12-15,17H2,1-3H3/t22-/m0/s1. The molecule has 27 heavy (non-hydrogen) atoms. The zero-order chi connectivity index (χ0) is 19.3. The molecule has 1 aromatic carbocycles. The Hall–Kier alpha value is -2.14. The maximum absolute atomic E-state index is 13.0. The van der Waals surface area contributed by atoms with Crippen LogP contribution in [0.15, 0.2) is 36.5 Å². The Morgan fingerprint density at radius 3 is 2.70 bits per heavy atom. The first-order valence-corrected chi connectivity index (χ1v) is 10.0. The minimum Gasteiger partial charge on any atom is -0.466 e. The third-order valence-corrected chi connectivity index (χ3v) is 5.52. The van der Waals surface area contributed by atoms with Gasteiger partial charge in [0.05, 0.1) is 17.7 Å². The molecule has 0 aliphatic carbocycles. The van der Waals surface area contributed by atoms with Crippen molar-refractivity contribution in [2.75, 3.05) is 19.7 Å². The van der Waals surface area contributed by atoms with Gasteiger partial charge in [-0.1, -0.05) is 30.3 Å². The highest BCUT2D eigenvalue weighted by Crippen LogP contribution is 2.36. The van der Waals surface area contributed by atoms with Crippen LogP contribution in [0.5, 0.6) is 0 Å². The molecule has 0 spiro atoms. The van der Waals surface area contributed by atoms with E-state index in [1.807, 2.05) is 29.8 Å². The first kappa shape index (κ1) is 19.6. The second-order valence-electron chi connectivity index (χ2n) is 7.57. The van der Waals surface area contributed by atoms with E-state index in [1.54, 1.807) is 0 Å². The summed E-state index contributed by atoms with van der Waals surface area (Å²) in [5.74, 6) is -0.0560. The monoisotopic (exact) mass is 369 g/mol. The van der Waals surface area contributed by atoms with Gasteiger partial charge in [-0.3, -0.25) is 14.4 Å². The van der Waals surface area contributed by atoms with Crippen molar-refractivity contribution in [1.82, 2.24) is 14.7 Å². The number of aromatic nitrogens is 2. The molecule has 2 aromatic rings. The molecule has 0 radical (unpaired) electrons. The van der Waals surface area contributed by atoms with E-state index in [9.17, 15) is 4.79 Å². The lowest BCUT2D eigenvalue weighted by Gasteiger charge is -2.41. The number of carbonyl (C=O) groups is 1. The second kappa shape index (κ2) is 8.70. The number of carbonyl (C=O) groups excluding carboxylic acids is 1. The van der Waals surface area contributed by atoms with Gasteiger partial charge in [0.25, 0.3) is 0 Å². The van der Waals surface area contributed by atoms with Gasteiger partial charge in [0.2, 0.25) is 0 Å². The molecule has 1 aromatic heterocycles. The summed E-state index contributed by atoms with van der Waals surface area (Å²) in [6, 6.07) is 10.3. The van der Waals surface area contributed by atoms with Crippen molar-refractivity contribution in [3.63, 3.8) is 0 Å². The largest absolute Gasteiger partial charge is 0.466 e. The summed E-state index contributed by atoms with van der Waals surface area (Å²) < 4.78 is 7.50. The average Bonchev–Trinajstić information content (AvgIpc) is 3.03. The summed E-state index contributed by atoms with van der Waals surface area (Å²) in [5.41, 5.74) is 3.05. The number of aryl methyl sites for hydroxylation is 2. The van der Waals surface area contributed by atoms with Crippen LogP contribution in [-0.4, -0.2) is 40.3 Å². The molecule has 3 rings (SSSR count). The Morgan fingerprint density at radius 1 is 1.26 bits per heavy atom. The fourth-order valence-corrected chi connectivity index (χ4v) is 4.13. The van der Waals surface area contributed by atoms with Gasteiger partial charge in [-0.2, -0.15) is 5.10 Å². The zero-order valence-corrected chi connectivity index (χ0v) is 16.8. The summed E-state index contributed by atoms with van der Waals surface area (Å²) >= 11 is 0. The average molecular weight is 370 g/mol. The number of nitrogens with zero attached hydrogens (tertiary/aromatic N) is 3. The summed E-state index contributed by atoms with van der Waals surface area (Å²) in [5, 5.41) is 4.56. The molecule has 1 atom stereocenters. The number of likely N-dealkylation sites (tertiary alicyclic amines) is 1. The molecule has 1 fully saturated rings. The Bertz CT molecular complexity index is 756. The molecule has 1 saturated heterocycles. The van der Waals surface area contributed by atoms with Gasteiger partial charge in [0, 0.05) is 31.4 Å². The number of esters is 1.